The summed E-state index contributed by atoms with van der Waals surface area (Å²) in [5, 5.41) is 4.05. The van der Waals surface area contributed by atoms with E-state index < -0.39 is 10.1 Å². The van der Waals surface area contributed by atoms with Crippen LogP contribution in [0.15, 0.2) is 70.7 Å². The third kappa shape index (κ3) is 3.34. The molecule has 0 spiro atoms. The Labute approximate surface area is 169 Å². The first-order chi connectivity index (χ1) is 13.9. The third-order valence-electron chi connectivity index (χ3n) is 4.79. The summed E-state index contributed by atoms with van der Waals surface area (Å²) in [6, 6.07) is 17.5. The van der Waals surface area contributed by atoms with Crippen LogP contribution in [0.1, 0.15) is 16.7 Å². The van der Waals surface area contributed by atoms with Gasteiger partial charge in [-0.25, -0.2) is 0 Å². The average Bonchev–Trinajstić information content (AvgIpc) is 3.05. The van der Waals surface area contributed by atoms with Gasteiger partial charge in [0.2, 0.25) is 0 Å². The Morgan fingerprint density at radius 1 is 0.828 bits per heavy atom. The van der Waals surface area contributed by atoms with Crippen LogP contribution in [0.2, 0.25) is 0 Å². The predicted octanol–water partition coefficient (Wildman–Crippen LogP) is 4.15. The van der Waals surface area contributed by atoms with Gasteiger partial charge >= 0.3 is 10.1 Å². The van der Waals surface area contributed by atoms with E-state index >= 15 is 0 Å². The highest BCUT2D eigenvalue weighted by Gasteiger charge is 2.30. The van der Waals surface area contributed by atoms with Crippen molar-refractivity contribution in [3.8, 4) is 22.6 Å². The second-order valence-corrected chi connectivity index (χ2v) is 8.10. The molecule has 148 valence electrons. The lowest BCUT2D eigenvalue weighted by Crippen LogP contribution is -2.07. The molecule has 1 aliphatic rings. The summed E-state index contributed by atoms with van der Waals surface area (Å²) in [4.78, 5) is 0.0423. The Kier molecular flexibility index (Phi) is 4.76. The van der Waals surface area contributed by atoms with E-state index in [-0.39, 0.29) is 4.90 Å². The van der Waals surface area contributed by atoms with Gasteiger partial charge in [-0.3, -0.25) is 4.28 Å². The molecule has 0 radical (unpaired) electrons. The SMILES string of the molecule is COc1ccc2c(c1)-c1cccc(OC)c1C2=NOS(=O)(=O)c1ccc(C)cc1. The molecule has 3 aromatic carbocycles. The van der Waals surface area contributed by atoms with E-state index in [9.17, 15) is 8.42 Å². The second kappa shape index (κ2) is 7.25. The molecule has 0 fully saturated rings. The van der Waals surface area contributed by atoms with Gasteiger partial charge in [0, 0.05) is 5.56 Å². The summed E-state index contributed by atoms with van der Waals surface area (Å²) in [5.41, 5.74) is 4.50. The quantitative estimate of drug-likeness (QED) is 0.463. The van der Waals surface area contributed by atoms with E-state index in [1.54, 1.807) is 38.5 Å². The fourth-order valence-corrected chi connectivity index (χ4v) is 4.04. The molecule has 0 bridgehead atoms. The zero-order valence-electron chi connectivity index (χ0n) is 16.2. The molecule has 6 nitrogen and oxygen atoms in total. The van der Waals surface area contributed by atoms with Crippen LogP contribution in [-0.4, -0.2) is 28.3 Å². The molecular weight excluding hydrogens is 390 g/mol. The molecule has 0 amide bonds. The van der Waals surface area contributed by atoms with Crippen molar-refractivity contribution in [3.63, 3.8) is 0 Å². The van der Waals surface area contributed by atoms with E-state index in [1.165, 1.54) is 12.1 Å². The van der Waals surface area contributed by atoms with Crippen molar-refractivity contribution >= 4 is 15.8 Å². The molecule has 0 aliphatic heterocycles. The largest absolute Gasteiger partial charge is 0.497 e. The van der Waals surface area contributed by atoms with E-state index in [0.717, 1.165) is 22.3 Å². The number of methoxy groups -OCH3 is 2. The monoisotopic (exact) mass is 409 g/mol. The normalized spacial score (nSPS) is 13.7. The van der Waals surface area contributed by atoms with Crippen LogP contribution in [0.25, 0.3) is 11.1 Å². The number of nitrogens with zero attached hydrogens (tertiary/aromatic N) is 1. The first-order valence-electron chi connectivity index (χ1n) is 8.89. The molecule has 3 aromatic rings. The second-order valence-electron chi connectivity index (χ2n) is 6.58. The maximum absolute atomic E-state index is 12.6. The zero-order valence-corrected chi connectivity index (χ0v) is 17.0. The number of rotatable bonds is 5. The molecule has 0 N–H and O–H groups in total. The van der Waals surface area contributed by atoms with Crippen LogP contribution < -0.4 is 9.47 Å². The molecule has 29 heavy (non-hydrogen) atoms. The Morgan fingerprint density at radius 3 is 2.28 bits per heavy atom. The van der Waals surface area contributed by atoms with Crippen molar-refractivity contribution in [3.05, 3.63) is 77.4 Å². The highest BCUT2D eigenvalue weighted by molar-refractivity contribution is 7.86. The lowest BCUT2D eigenvalue weighted by Gasteiger charge is -2.08. The molecule has 0 heterocycles. The van der Waals surface area contributed by atoms with Crippen molar-refractivity contribution in [2.45, 2.75) is 11.8 Å². The molecule has 0 atom stereocenters. The van der Waals surface area contributed by atoms with E-state index in [0.29, 0.717) is 22.8 Å². The lowest BCUT2D eigenvalue weighted by molar-refractivity contribution is 0.339. The maximum Gasteiger partial charge on any atom is 0.358 e. The van der Waals surface area contributed by atoms with Crippen molar-refractivity contribution in [1.29, 1.82) is 0 Å². The summed E-state index contributed by atoms with van der Waals surface area (Å²) in [5.74, 6) is 1.26. The van der Waals surface area contributed by atoms with Gasteiger partial charge in [-0.1, -0.05) is 35.0 Å². The lowest BCUT2D eigenvalue weighted by atomic mass is 10.1. The summed E-state index contributed by atoms with van der Waals surface area (Å²) >= 11 is 0. The van der Waals surface area contributed by atoms with Gasteiger partial charge in [-0.05, 0) is 54.4 Å². The highest BCUT2D eigenvalue weighted by atomic mass is 32.2. The number of hydrogen-bond acceptors (Lipinski definition) is 6. The van der Waals surface area contributed by atoms with E-state index in [1.807, 2.05) is 31.2 Å². The minimum atomic E-state index is -4.05. The Morgan fingerprint density at radius 2 is 1.59 bits per heavy atom. The number of ether oxygens (including phenoxy) is 2. The van der Waals surface area contributed by atoms with Crippen LogP contribution in [0.4, 0.5) is 0 Å². The van der Waals surface area contributed by atoms with Gasteiger partial charge in [0.15, 0.2) is 0 Å². The number of aryl methyl sites for hydroxylation is 1. The molecule has 1 aliphatic carbocycles. The van der Waals surface area contributed by atoms with Crippen LogP contribution in [0, 0.1) is 6.92 Å². The molecular formula is C22H19NO5S. The Hall–Kier alpha value is -3.32. The molecule has 0 aromatic heterocycles. The fraction of sp³-hybridized carbons (Fsp3) is 0.136. The zero-order chi connectivity index (χ0) is 20.6. The van der Waals surface area contributed by atoms with Crippen LogP contribution in [-0.2, 0) is 14.4 Å². The number of hydrogen-bond donors (Lipinski definition) is 0. The summed E-state index contributed by atoms with van der Waals surface area (Å²) in [6.07, 6.45) is 0. The minimum absolute atomic E-state index is 0.0423. The van der Waals surface area contributed by atoms with Crippen LogP contribution >= 0.6 is 0 Å². The van der Waals surface area contributed by atoms with Gasteiger partial charge in [0.05, 0.1) is 19.8 Å². The first kappa shape index (κ1) is 19.0. The summed E-state index contributed by atoms with van der Waals surface area (Å²) in [7, 11) is -0.906. The Bertz CT molecular complexity index is 1210. The van der Waals surface area contributed by atoms with Crippen molar-refractivity contribution in [2.75, 3.05) is 14.2 Å². The first-order valence-corrected chi connectivity index (χ1v) is 10.3. The third-order valence-corrected chi connectivity index (χ3v) is 5.91. The predicted molar refractivity (Wildman–Crippen MR) is 110 cm³/mol. The van der Waals surface area contributed by atoms with Crippen molar-refractivity contribution in [1.82, 2.24) is 0 Å². The summed E-state index contributed by atoms with van der Waals surface area (Å²) in [6.45, 7) is 1.88. The van der Waals surface area contributed by atoms with Crippen molar-refractivity contribution < 1.29 is 22.2 Å². The van der Waals surface area contributed by atoms with Crippen molar-refractivity contribution in [2.24, 2.45) is 5.16 Å². The van der Waals surface area contributed by atoms with Gasteiger partial charge in [0.1, 0.15) is 22.1 Å². The fourth-order valence-electron chi connectivity index (χ4n) is 3.31. The van der Waals surface area contributed by atoms with Gasteiger partial charge in [-0.2, -0.15) is 8.42 Å². The Balaban J connectivity index is 1.83. The van der Waals surface area contributed by atoms with Gasteiger partial charge < -0.3 is 9.47 Å². The maximum atomic E-state index is 12.6. The van der Waals surface area contributed by atoms with Gasteiger partial charge in [-0.15, -0.1) is 0 Å². The molecule has 0 unspecified atom stereocenters. The molecule has 7 heteroatoms. The number of fused-ring (bicyclic) bond motifs is 3. The topological polar surface area (TPSA) is 74.2 Å². The minimum Gasteiger partial charge on any atom is -0.497 e. The highest BCUT2D eigenvalue weighted by Crippen LogP contribution is 2.43. The smallest absolute Gasteiger partial charge is 0.358 e. The van der Waals surface area contributed by atoms with Gasteiger partial charge in [0.25, 0.3) is 0 Å². The van der Waals surface area contributed by atoms with E-state index in [2.05, 4.69) is 5.16 Å². The molecule has 0 saturated carbocycles. The number of benzene rings is 3. The van der Waals surface area contributed by atoms with Crippen LogP contribution in [0.5, 0.6) is 11.5 Å². The summed E-state index contributed by atoms with van der Waals surface area (Å²) < 4.78 is 41.1. The van der Waals surface area contributed by atoms with Crippen LogP contribution in [0.3, 0.4) is 0 Å². The average molecular weight is 409 g/mol. The van der Waals surface area contributed by atoms with E-state index in [4.69, 9.17) is 13.8 Å². The molecule has 4 rings (SSSR count). The molecule has 0 saturated heterocycles. The standard InChI is InChI=1S/C22H19NO5S/c1-14-7-10-16(11-8-14)29(24,25)28-23-22-18-12-9-15(26-2)13-19(18)17-5-4-6-20(27-3)21(17)22/h4-13H,1-3H3. The number of oxime groups is 1.